The van der Waals surface area contributed by atoms with Gasteiger partial charge < -0.3 is 15.1 Å². The lowest BCUT2D eigenvalue weighted by Gasteiger charge is -2.18. The molecule has 0 bridgehead atoms. The summed E-state index contributed by atoms with van der Waals surface area (Å²) in [5, 5.41) is 0. The molecule has 0 aliphatic heterocycles. The van der Waals surface area contributed by atoms with Gasteiger partial charge in [0.2, 0.25) is 0 Å². The van der Waals surface area contributed by atoms with Crippen LogP contribution in [0.4, 0.5) is 5.69 Å². The number of carbonyl (C=O) groups excluding carboxylic acids is 1. The van der Waals surface area contributed by atoms with E-state index in [1.54, 1.807) is 24.1 Å². The topological polar surface area (TPSA) is 59.5 Å². The van der Waals surface area contributed by atoms with E-state index in [1.165, 1.54) is 6.26 Å². The van der Waals surface area contributed by atoms with E-state index in [4.69, 9.17) is 10.2 Å². The van der Waals surface area contributed by atoms with E-state index < -0.39 is 0 Å². The molecule has 1 aromatic heterocycles. The van der Waals surface area contributed by atoms with Crippen molar-refractivity contribution in [2.75, 3.05) is 11.9 Å². The van der Waals surface area contributed by atoms with Crippen LogP contribution >= 0.6 is 0 Å². The number of furan rings is 1. The van der Waals surface area contributed by atoms with Crippen molar-refractivity contribution >= 4 is 11.6 Å². The van der Waals surface area contributed by atoms with Crippen LogP contribution in [0, 0.1) is 0 Å². The van der Waals surface area contributed by atoms with Crippen molar-refractivity contribution in [2.24, 2.45) is 5.73 Å². The summed E-state index contributed by atoms with van der Waals surface area (Å²) in [5.41, 5.74) is 7.37. The predicted molar refractivity (Wildman–Crippen MR) is 65.8 cm³/mol. The van der Waals surface area contributed by atoms with Crippen LogP contribution in [0.15, 0.2) is 47.1 Å². The molecule has 4 nitrogen and oxygen atoms in total. The molecule has 0 fully saturated rings. The molecule has 2 aromatic rings. The number of carbonyl (C=O) groups is 1. The number of para-hydroxylation sites is 1. The monoisotopic (exact) mass is 230 g/mol. The summed E-state index contributed by atoms with van der Waals surface area (Å²) in [5.74, 6) is 0.134. The second kappa shape index (κ2) is 4.84. The fourth-order valence-corrected chi connectivity index (χ4v) is 1.69. The highest BCUT2D eigenvalue weighted by Gasteiger charge is 2.17. The van der Waals surface area contributed by atoms with E-state index in [9.17, 15) is 4.79 Å². The van der Waals surface area contributed by atoms with Crippen molar-refractivity contribution in [3.63, 3.8) is 0 Å². The molecule has 1 heterocycles. The first-order chi connectivity index (χ1) is 8.24. The molecule has 2 N–H and O–H groups in total. The van der Waals surface area contributed by atoms with Crippen LogP contribution in [0.5, 0.6) is 0 Å². The number of nitrogens with zero attached hydrogens (tertiary/aromatic N) is 1. The predicted octanol–water partition coefficient (Wildman–Crippen LogP) is 2.01. The third-order valence-corrected chi connectivity index (χ3v) is 2.61. The van der Waals surface area contributed by atoms with Crippen molar-refractivity contribution in [2.45, 2.75) is 6.54 Å². The van der Waals surface area contributed by atoms with Gasteiger partial charge in [0.1, 0.15) is 0 Å². The highest BCUT2D eigenvalue weighted by molar-refractivity contribution is 6.04. The minimum absolute atomic E-state index is 0.184. The number of hydrogen-bond acceptors (Lipinski definition) is 3. The van der Waals surface area contributed by atoms with Gasteiger partial charge in [-0.25, -0.2) is 0 Å². The highest BCUT2D eigenvalue weighted by atomic mass is 16.3. The Balaban J connectivity index is 2.31. The molecular weight excluding hydrogens is 216 g/mol. The Morgan fingerprint density at radius 1 is 1.29 bits per heavy atom. The fraction of sp³-hybridized carbons (Fsp3) is 0.154. The van der Waals surface area contributed by atoms with Gasteiger partial charge in [0.05, 0.1) is 6.26 Å². The Bertz CT molecular complexity index is 506. The Kier molecular flexibility index (Phi) is 3.25. The maximum atomic E-state index is 12.1. The Morgan fingerprint density at radius 2 is 2.06 bits per heavy atom. The smallest absolute Gasteiger partial charge is 0.293 e. The van der Waals surface area contributed by atoms with Crippen LogP contribution in [0.1, 0.15) is 16.1 Å². The van der Waals surface area contributed by atoms with Gasteiger partial charge in [-0.3, -0.25) is 4.79 Å². The molecule has 4 heteroatoms. The van der Waals surface area contributed by atoms with Crippen molar-refractivity contribution in [1.29, 1.82) is 0 Å². The first-order valence-electron chi connectivity index (χ1n) is 5.33. The summed E-state index contributed by atoms with van der Waals surface area (Å²) in [4.78, 5) is 13.6. The lowest BCUT2D eigenvalue weighted by Crippen LogP contribution is -2.27. The zero-order valence-corrected chi connectivity index (χ0v) is 9.59. The molecule has 0 saturated heterocycles. The Morgan fingerprint density at radius 3 is 2.71 bits per heavy atom. The second-order valence-corrected chi connectivity index (χ2v) is 3.67. The average molecular weight is 230 g/mol. The molecule has 0 aliphatic carbocycles. The SMILES string of the molecule is CN(C(=O)c1ccco1)c1ccccc1CN. The van der Waals surface area contributed by atoms with Crippen LogP contribution in [-0.4, -0.2) is 13.0 Å². The summed E-state index contributed by atoms with van der Waals surface area (Å²) in [7, 11) is 1.71. The van der Waals surface area contributed by atoms with Gasteiger partial charge in [0.25, 0.3) is 5.91 Å². The number of hydrogen-bond donors (Lipinski definition) is 1. The van der Waals surface area contributed by atoms with Crippen LogP contribution in [0.25, 0.3) is 0 Å². The van der Waals surface area contributed by atoms with Crippen molar-refractivity contribution in [1.82, 2.24) is 0 Å². The number of benzene rings is 1. The minimum Gasteiger partial charge on any atom is -0.459 e. The summed E-state index contributed by atoms with van der Waals surface area (Å²) in [6.45, 7) is 0.395. The standard InChI is InChI=1S/C13H14N2O2/c1-15(13(16)12-7-4-8-17-12)11-6-3-2-5-10(11)9-14/h2-8H,9,14H2,1H3. The van der Waals surface area contributed by atoms with Gasteiger partial charge in [-0.05, 0) is 23.8 Å². The summed E-state index contributed by atoms with van der Waals surface area (Å²) in [6, 6.07) is 10.9. The number of anilines is 1. The van der Waals surface area contributed by atoms with Gasteiger partial charge in [-0.15, -0.1) is 0 Å². The lowest BCUT2D eigenvalue weighted by atomic mass is 10.1. The number of amides is 1. The van der Waals surface area contributed by atoms with Crippen molar-refractivity contribution < 1.29 is 9.21 Å². The maximum absolute atomic E-state index is 12.1. The first kappa shape index (κ1) is 11.4. The molecule has 0 atom stereocenters. The maximum Gasteiger partial charge on any atom is 0.293 e. The van der Waals surface area contributed by atoms with Crippen molar-refractivity contribution in [3.8, 4) is 0 Å². The third-order valence-electron chi connectivity index (χ3n) is 2.61. The molecule has 0 spiro atoms. The Labute approximate surface area is 99.6 Å². The highest BCUT2D eigenvalue weighted by Crippen LogP contribution is 2.20. The van der Waals surface area contributed by atoms with Crippen LogP contribution in [0.2, 0.25) is 0 Å². The average Bonchev–Trinajstić information content (AvgIpc) is 2.90. The molecule has 1 aromatic carbocycles. The zero-order valence-electron chi connectivity index (χ0n) is 9.59. The van der Waals surface area contributed by atoms with E-state index in [0.717, 1.165) is 11.3 Å². The molecular formula is C13H14N2O2. The Hall–Kier alpha value is -2.07. The fourth-order valence-electron chi connectivity index (χ4n) is 1.69. The molecule has 0 unspecified atom stereocenters. The molecule has 17 heavy (non-hydrogen) atoms. The summed E-state index contributed by atoms with van der Waals surface area (Å²) in [6.07, 6.45) is 1.48. The zero-order chi connectivity index (χ0) is 12.3. The van der Waals surface area contributed by atoms with E-state index in [0.29, 0.717) is 12.3 Å². The van der Waals surface area contributed by atoms with Crippen LogP contribution in [-0.2, 0) is 6.54 Å². The number of nitrogens with two attached hydrogens (primary N) is 1. The van der Waals surface area contributed by atoms with Gasteiger partial charge >= 0.3 is 0 Å². The quantitative estimate of drug-likeness (QED) is 0.877. The molecule has 88 valence electrons. The molecule has 0 radical (unpaired) electrons. The summed E-state index contributed by atoms with van der Waals surface area (Å²) >= 11 is 0. The minimum atomic E-state index is -0.184. The van der Waals surface area contributed by atoms with Gasteiger partial charge in [-0.1, -0.05) is 18.2 Å². The van der Waals surface area contributed by atoms with Gasteiger partial charge in [0, 0.05) is 19.3 Å². The first-order valence-corrected chi connectivity index (χ1v) is 5.33. The van der Waals surface area contributed by atoms with Gasteiger partial charge in [-0.2, -0.15) is 0 Å². The van der Waals surface area contributed by atoms with Gasteiger partial charge in [0.15, 0.2) is 5.76 Å². The molecule has 2 rings (SSSR count). The molecule has 0 aliphatic rings. The van der Waals surface area contributed by atoms with E-state index in [2.05, 4.69) is 0 Å². The summed E-state index contributed by atoms with van der Waals surface area (Å²) < 4.78 is 5.09. The van der Waals surface area contributed by atoms with Crippen LogP contribution < -0.4 is 10.6 Å². The second-order valence-electron chi connectivity index (χ2n) is 3.67. The van der Waals surface area contributed by atoms with E-state index in [-0.39, 0.29) is 5.91 Å². The normalized spacial score (nSPS) is 10.2. The van der Waals surface area contributed by atoms with E-state index >= 15 is 0 Å². The molecule has 1 amide bonds. The van der Waals surface area contributed by atoms with E-state index in [1.807, 2.05) is 24.3 Å². The third kappa shape index (κ3) is 2.21. The lowest BCUT2D eigenvalue weighted by molar-refractivity contribution is 0.0966. The molecule has 0 saturated carbocycles. The van der Waals surface area contributed by atoms with Crippen molar-refractivity contribution in [3.05, 3.63) is 54.0 Å². The largest absolute Gasteiger partial charge is 0.459 e. The van der Waals surface area contributed by atoms with Crippen LogP contribution in [0.3, 0.4) is 0 Å². The number of rotatable bonds is 3.